The van der Waals surface area contributed by atoms with Crippen molar-refractivity contribution in [2.45, 2.75) is 46.6 Å². The summed E-state index contributed by atoms with van der Waals surface area (Å²) in [5, 5.41) is 3.41. The first-order valence-electron chi connectivity index (χ1n) is 5.31. The first kappa shape index (κ1) is 11.5. The van der Waals surface area contributed by atoms with Crippen LogP contribution in [-0.4, -0.2) is 18.5 Å². The summed E-state index contributed by atoms with van der Waals surface area (Å²) in [6.45, 7) is 8.89. The van der Waals surface area contributed by atoms with Gasteiger partial charge < -0.3 is 11.1 Å². The summed E-state index contributed by atoms with van der Waals surface area (Å²) in [7, 11) is 0. The Bertz CT molecular complexity index is 231. The highest BCUT2D eigenvalue weighted by molar-refractivity contribution is 5.80. The van der Waals surface area contributed by atoms with Crippen molar-refractivity contribution in [3.8, 4) is 0 Å². The third-order valence-electron chi connectivity index (χ3n) is 3.60. The topological polar surface area (TPSA) is 55.1 Å². The fraction of sp³-hybridized carbons (Fsp3) is 0.909. The molecule has 1 rings (SSSR count). The first-order valence-corrected chi connectivity index (χ1v) is 5.31. The minimum atomic E-state index is -0.445. The second-order valence-electron chi connectivity index (χ2n) is 5.50. The van der Waals surface area contributed by atoms with E-state index in [1.165, 1.54) is 12.8 Å². The molecule has 1 fully saturated rings. The van der Waals surface area contributed by atoms with E-state index >= 15 is 0 Å². The predicted octanol–water partition coefficient (Wildman–Crippen LogP) is 1.28. The number of primary amides is 1. The van der Waals surface area contributed by atoms with Crippen LogP contribution in [0.5, 0.6) is 0 Å². The van der Waals surface area contributed by atoms with Crippen molar-refractivity contribution in [3.05, 3.63) is 0 Å². The molecule has 3 heteroatoms. The van der Waals surface area contributed by atoms with Crippen LogP contribution in [-0.2, 0) is 4.79 Å². The Morgan fingerprint density at radius 1 is 1.57 bits per heavy atom. The molecule has 82 valence electrons. The molecule has 0 heterocycles. The van der Waals surface area contributed by atoms with Crippen LogP contribution >= 0.6 is 0 Å². The summed E-state index contributed by atoms with van der Waals surface area (Å²) in [5.74, 6) is -0.238. The van der Waals surface area contributed by atoms with Crippen molar-refractivity contribution < 1.29 is 4.79 Å². The van der Waals surface area contributed by atoms with E-state index in [1.807, 2.05) is 13.8 Å². The predicted molar refractivity (Wildman–Crippen MR) is 57.8 cm³/mol. The molecule has 0 bridgehead atoms. The van der Waals surface area contributed by atoms with Crippen LogP contribution in [0.15, 0.2) is 0 Å². The Kier molecular flexibility index (Phi) is 2.91. The summed E-state index contributed by atoms with van der Waals surface area (Å²) in [5.41, 5.74) is 5.31. The third kappa shape index (κ3) is 2.47. The van der Waals surface area contributed by atoms with Crippen LogP contribution in [0.3, 0.4) is 0 Å². The van der Waals surface area contributed by atoms with Crippen LogP contribution < -0.4 is 11.1 Å². The van der Waals surface area contributed by atoms with Crippen molar-refractivity contribution in [1.82, 2.24) is 5.32 Å². The van der Waals surface area contributed by atoms with E-state index < -0.39 is 5.41 Å². The lowest BCUT2D eigenvalue weighted by Crippen LogP contribution is -2.45. The standard InChI is InChI=1S/C11H22N2O/c1-8(11(4)5-6-11)13-7-10(2,3)9(12)14/h8,13H,5-7H2,1-4H3,(H2,12,14). The Labute approximate surface area is 86.4 Å². The highest BCUT2D eigenvalue weighted by atomic mass is 16.1. The van der Waals surface area contributed by atoms with Gasteiger partial charge in [-0.25, -0.2) is 0 Å². The maximum Gasteiger partial charge on any atom is 0.224 e. The van der Waals surface area contributed by atoms with Crippen LogP contribution in [0.1, 0.15) is 40.5 Å². The molecule has 0 radical (unpaired) electrons. The zero-order valence-electron chi connectivity index (χ0n) is 9.68. The summed E-state index contributed by atoms with van der Waals surface area (Å²) >= 11 is 0. The number of carbonyl (C=O) groups excluding carboxylic acids is 1. The second-order valence-corrected chi connectivity index (χ2v) is 5.50. The summed E-state index contributed by atoms with van der Waals surface area (Å²) in [6.07, 6.45) is 2.58. The Morgan fingerprint density at radius 2 is 2.07 bits per heavy atom. The Hall–Kier alpha value is -0.570. The lowest BCUT2D eigenvalue weighted by atomic mass is 9.91. The largest absolute Gasteiger partial charge is 0.369 e. The average Bonchev–Trinajstić information content (AvgIpc) is 2.80. The molecule has 3 nitrogen and oxygen atoms in total. The van der Waals surface area contributed by atoms with E-state index in [0.29, 0.717) is 18.0 Å². The third-order valence-corrected chi connectivity index (χ3v) is 3.60. The molecule has 1 aliphatic carbocycles. The zero-order chi connectivity index (χ0) is 11.0. The highest BCUT2D eigenvalue weighted by Gasteiger charge is 2.42. The van der Waals surface area contributed by atoms with Gasteiger partial charge in [0.2, 0.25) is 5.91 Å². The maximum absolute atomic E-state index is 11.1. The molecule has 0 aromatic rings. The van der Waals surface area contributed by atoms with Gasteiger partial charge in [-0.3, -0.25) is 4.79 Å². The summed E-state index contributed by atoms with van der Waals surface area (Å²) in [6, 6.07) is 0.473. The van der Waals surface area contributed by atoms with E-state index in [0.717, 1.165) is 0 Å². The van der Waals surface area contributed by atoms with Crippen molar-refractivity contribution in [2.75, 3.05) is 6.54 Å². The van der Waals surface area contributed by atoms with Crippen molar-refractivity contribution in [2.24, 2.45) is 16.6 Å². The van der Waals surface area contributed by atoms with E-state index in [9.17, 15) is 4.79 Å². The van der Waals surface area contributed by atoms with Gasteiger partial charge in [0.15, 0.2) is 0 Å². The first-order chi connectivity index (χ1) is 6.28. The normalized spacial score (nSPS) is 21.7. The van der Waals surface area contributed by atoms with Gasteiger partial charge in [-0.15, -0.1) is 0 Å². The van der Waals surface area contributed by atoms with E-state index in [2.05, 4.69) is 19.2 Å². The molecule has 1 atom stereocenters. The Balaban J connectivity index is 2.36. The number of carbonyl (C=O) groups is 1. The van der Waals surface area contributed by atoms with Gasteiger partial charge in [-0.05, 0) is 39.0 Å². The molecule has 3 N–H and O–H groups in total. The number of nitrogens with one attached hydrogen (secondary N) is 1. The van der Waals surface area contributed by atoms with Crippen molar-refractivity contribution in [3.63, 3.8) is 0 Å². The van der Waals surface area contributed by atoms with Crippen molar-refractivity contribution in [1.29, 1.82) is 0 Å². The zero-order valence-corrected chi connectivity index (χ0v) is 9.68. The lowest BCUT2D eigenvalue weighted by Gasteiger charge is -2.27. The SMILES string of the molecule is CC(NCC(C)(C)C(N)=O)C1(C)CC1. The van der Waals surface area contributed by atoms with Gasteiger partial charge in [0.25, 0.3) is 0 Å². The van der Waals surface area contributed by atoms with E-state index in [-0.39, 0.29) is 5.91 Å². The quantitative estimate of drug-likeness (QED) is 0.699. The van der Waals surface area contributed by atoms with Crippen molar-refractivity contribution >= 4 is 5.91 Å². The lowest BCUT2D eigenvalue weighted by molar-refractivity contribution is -0.125. The average molecular weight is 198 g/mol. The smallest absolute Gasteiger partial charge is 0.224 e. The number of rotatable bonds is 5. The minimum absolute atomic E-state index is 0.238. The van der Waals surface area contributed by atoms with Crippen LogP contribution in [0.2, 0.25) is 0 Å². The fourth-order valence-corrected chi connectivity index (χ4v) is 1.37. The van der Waals surface area contributed by atoms with Gasteiger partial charge in [0, 0.05) is 12.6 Å². The molecule has 1 saturated carbocycles. The monoisotopic (exact) mass is 198 g/mol. The summed E-state index contributed by atoms with van der Waals surface area (Å²) in [4.78, 5) is 11.1. The number of nitrogens with two attached hydrogens (primary N) is 1. The highest BCUT2D eigenvalue weighted by Crippen LogP contribution is 2.47. The van der Waals surface area contributed by atoms with Crippen LogP contribution in [0.25, 0.3) is 0 Å². The molecule has 0 aromatic carbocycles. The molecular weight excluding hydrogens is 176 g/mol. The Morgan fingerprint density at radius 3 is 2.43 bits per heavy atom. The molecule has 0 aliphatic heterocycles. The fourth-order valence-electron chi connectivity index (χ4n) is 1.37. The van der Waals surface area contributed by atoms with Gasteiger partial charge in [0.05, 0.1) is 5.41 Å². The molecule has 14 heavy (non-hydrogen) atoms. The minimum Gasteiger partial charge on any atom is -0.369 e. The molecule has 0 spiro atoms. The van der Waals surface area contributed by atoms with Gasteiger partial charge >= 0.3 is 0 Å². The van der Waals surface area contributed by atoms with E-state index in [4.69, 9.17) is 5.73 Å². The molecule has 0 saturated heterocycles. The van der Waals surface area contributed by atoms with Gasteiger partial charge in [-0.1, -0.05) is 6.92 Å². The van der Waals surface area contributed by atoms with Gasteiger partial charge in [0.1, 0.15) is 0 Å². The number of hydrogen-bond donors (Lipinski definition) is 2. The van der Waals surface area contributed by atoms with E-state index in [1.54, 1.807) is 0 Å². The molecule has 1 unspecified atom stereocenters. The number of amides is 1. The van der Waals surface area contributed by atoms with Gasteiger partial charge in [-0.2, -0.15) is 0 Å². The maximum atomic E-state index is 11.1. The molecule has 0 aromatic heterocycles. The number of hydrogen-bond acceptors (Lipinski definition) is 2. The summed E-state index contributed by atoms with van der Waals surface area (Å²) < 4.78 is 0. The molecular formula is C11H22N2O. The molecule has 1 aliphatic rings. The van der Waals surface area contributed by atoms with Crippen LogP contribution in [0, 0.1) is 10.8 Å². The van der Waals surface area contributed by atoms with Crippen LogP contribution in [0.4, 0.5) is 0 Å². The molecule has 1 amide bonds. The second kappa shape index (κ2) is 3.54.